The highest BCUT2D eigenvalue weighted by atomic mass is 16.2. The highest BCUT2D eigenvalue weighted by Gasteiger charge is 2.62. The number of amides is 2. The summed E-state index contributed by atoms with van der Waals surface area (Å²) in [5.41, 5.74) is 5.21. The van der Waals surface area contributed by atoms with Crippen LogP contribution < -0.4 is 5.73 Å². The Labute approximate surface area is 89.8 Å². The number of carbonyl (C=O) groups excluding carboxylic acids is 2. The molecule has 2 rings (SSSR count). The standard InChI is InChI=1S/C11H18N2O2/c1-6(2)11(3,5-12)13-9(14)7-4-8(7)10(13)15/h6-8H,4-5,12H2,1-3H3. The second kappa shape index (κ2) is 3.04. The van der Waals surface area contributed by atoms with Crippen LogP contribution in [0, 0.1) is 17.8 Å². The van der Waals surface area contributed by atoms with E-state index in [1.807, 2.05) is 20.8 Å². The number of hydrogen-bond acceptors (Lipinski definition) is 3. The number of likely N-dealkylation sites (tertiary alicyclic amines) is 1. The van der Waals surface area contributed by atoms with Gasteiger partial charge >= 0.3 is 0 Å². The first-order chi connectivity index (χ1) is 6.93. The van der Waals surface area contributed by atoms with Crippen molar-refractivity contribution >= 4 is 11.8 Å². The zero-order chi connectivity index (χ0) is 11.4. The predicted molar refractivity (Wildman–Crippen MR) is 55.7 cm³/mol. The molecular formula is C11H18N2O2. The van der Waals surface area contributed by atoms with Gasteiger partial charge in [-0.1, -0.05) is 13.8 Å². The summed E-state index contributed by atoms with van der Waals surface area (Å²) in [5.74, 6) is 0.121. The molecule has 0 spiro atoms. The fourth-order valence-corrected chi connectivity index (χ4v) is 2.27. The van der Waals surface area contributed by atoms with E-state index in [0.717, 1.165) is 6.42 Å². The number of imide groups is 1. The van der Waals surface area contributed by atoms with Crippen LogP contribution >= 0.6 is 0 Å². The van der Waals surface area contributed by atoms with E-state index in [-0.39, 0.29) is 29.6 Å². The molecule has 0 aromatic rings. The summed E-state index contributed by atoms with van der Waals surface area (Å²) >= 11 is 0. The average Bonchev–Trinajstić information content (AvgIpc) is 2.91. The molecule has 1 heterocycles. The molecule has 1 saturated carbocycles. The van der Waals surface area contributed by atoms with Crippen molar-refractivity contribution in [3.05, 3.63) is 0 Å². The molecule has 2 fully saturated rings. The van der Waals surface area contributed by atoms with Crippen LogP contribution in [0.5, 0.6) is 0 Å². The normalized spacial score (nSPS) is 33.3. The molecule has 2 amide bonds. The molecule has 2 aliphatic rings. The maximum Gasteiger partial charge on any atom is 0.233 e. The number of fused-ring (bicyclic) bond motifs is 1. The lowest BCUT2D eigenvalue weighted by molar-refractivity contribution is -0.149. The lowest BCUT2D eigenvalue weighted by Crippen LogP contribution is -2.58. The zero-order valence-electron chi connectivity index (χ0n) is 9.49. The summed E-state index contributed by atoms with van der Waals surface area (Å²) in [5, 5.41) is 0. The summed E-state index contributed by atoms with van der Waals surface area (Å²) in [6.07, 6.45) is 0.757. The third kappa shape index (κ3) is 1.24. The monoisotopic (exact) mass is 210 g/mol. The second-order valence-corrected chi connectivity index (χ2v) is 5.18. The molecule has 0 aromatic heterocycles. The van der Waals surface area contributed by atoms with Crippen molar-refractivity contribution in [3.63, 3.8) is 0 Å². The highest BCUT2D eigenvalue weighted by Crippen LogP contribution is 2.49. The van der Waals surface area contributed by atoms with Gasteiger partial charge < -0.3 is 5.73 Å². The number of nitrogens with two attached hydrogens (primary N) is 1. The Morgan fingerprint density at radius 3 is 2.20 bits per heavy atom. The summed E-state index contributed by atoms with van der Waals surface area (Å²) in [6.45, 7) is 6.23. The minimum Gasteiger partial charge on any atom is -0.328 e. The Hall–Kier alpha value is -0.900. The number of hydrogen-bond donors (Lipinski definition) is 1. The first kappa shape index (κ1) is 10.6. The lowest BCUT2D eigenvalue weighted by Gasteiger charge is -2.40. The number of nitrogens with zero attached hydrogens (tertiary/aromatic N) is 1. The SMILES string of the molecule is CC(C)C(C)(CN)N1C(=O)C2CC2C1=O. The molecule has 0 radical (unpaired) electrons. The van der Waals surface area contributed by atoms with E-state index >= 15 is 0 Å². The van der Waals surface area contributed by atoms with Crippen LogP contribution in [0.4, 0.5) is 0 Å². The van der Waals surface area contributed by atoms with Gasteiger partial charge in [0.2, 0.25) is 11.8 Å². The highest BCUT2D eigenvalue weighted by molar-refractivity contribution is 6.09. The first-order valence-corrected chi connectivity index (χ1v) is 5.51. The fraction of sp³-hybridized carbons (Fsp3) is 0.818. The largest absolute Gasteiger partial charge is 0.328 e. The first-order valence-electron chi connectivity index (χ1n) is 5.51. The minimum absolute atomic E-state index is 0.00773. The van der Waals surface area contributed by atoms with Gasteiger partial charge in [-0.2, -0.15) is 0 Å². The van der Waals surface area contributed by atoms with Crippen molar-refractivity contribution in [2.75, 3.05) is 6.54 Å². The van der Waals surface area contributed by atoms with Gasteiger partial charge in [-0.15, -0.1) is 0 Å². The molecule has 4 heteroatoms. The zero-order valence-corrected chi connectivity index (χ0v) is 9.49. The van der Waals surface area contributed by atoms with Crippen LogP contribution in [0.15, 0.2) is 0 Å². The Morgan fingerprint density at radius 1 is 1.40 bits per heavy atom. The van der Waals surface area contributed by atoms with Crippen LogP contribution in [0.25, 0.3) is 0 Å². The summed E-state index contributed by atoms with van der Waals surface area (Å²) in [4.78, 5) is 25.3. The van der Waals surface area contributed by atoms with Gasteiger partial charge in [0.25, 0.3) is 0 Å². The molecule has 1 aliphatic carbocycles. The van der Waals surface area contributed by atoms with Crippen molar-refractivity contribution in [2.24, 2.45) is 23.5 Å². The van der Waals surface area contributed by atoms with Gasteiger partial charge in [-0.25, -0.2) is 0 Å². The van der Waals surface area contributed by atoms with Crippen molar-refractivity contribution in [2.45, 2.75) is 32.7 Å². The van der Waals surface area contributed by atoms with Crippen molar-refractivity contribution in [3.8, 4) is 0 Å². The quantitative estimate of drug-likeness (QED) is 0.684. The van der Waals surface area contributed by atoms with E-state index in [1.165, 1.54) is 4.90 Å². The van der Waals surface area contributed by atoms with Crippen LogP contribution in [-0.4, -0.2) is 28.8 Å². The van der Waals surface area contributed by atoms with E-state index in [2.05, 4.69) is 0 Å². The van der Waals surface area contributed by atoms with Gasteiger partial charge in [0, 0.05) is 6.54 Å². The lowest BCUT2D eigenvalue weighted by atomic mass is 9.86. The van der Waals surface area contributed by atoms with E-state index in [1.54, 1.807) is 0 Å². The molecule has 1 saturated heterocycles. The third-order valence-electron chi connectivity index (χ3n) is 4.03. The van der Waals surface area contributed by atoms with Crippen molar-refractivity contribution in [1.82, 2.24) is 4.90 Å². The van der Waals surface area contributed by atoms with E-state index < -0.39 is 5.54 Å². The number of piperidine rings is 1. The Balaban J connectivity index is 2.30. The van der Waals surface area contributed by atoms with Crippen LogP contribution in [-0.2, 0) is 9.59 Å². The summed E-state index contributed by atoms with van der Waals surface area (Å²) in [6, 6.07) is 0. The topological polar surface area (TPSA) is 63.4 Å². The van der Waals surface area contributed by atoms with E-state index in [0.29, 0.717) is 6.54 Å². The summed E-state index contributed by atoms with van der Waals surface area (Å²) in [7, 11) is 0. The molecule has 3 atom stereocenters. The maximum absolute atomic E-state index is 11.9. The van der Waals surface area contributed by atoms with Gasteiger partial charge in [0.1, 0.15) is 0 Å². The molecule has 0 bridgehead atoms. The van der Waals surface area contributed by atoms with Crippen LogP contribution in [0.1, 0.15) is 27.2 Å². The molecule has 1 aliphatic heterocycles. The van der Waals surface area contributed by atoms with Gasteiger partial charge in [0.05, 0.1) is 17.4 Å². The molecular weight excluding hydrogens is 192 g/mol. The Bertz CT molecular complexity index is 307. The number of rotatable bonds is 3. The van der Waals surface area contributed by atoms with Crippen molar-refractivity contribution < 1.29 is 9.59 Å². The van der Waals surface area contributed by atoms with Crippen molar-refractivity contribution in [1.29, 1.82) is 0 Å². The minimum atomic E-state index is -0.512. The van der Waals surface area contributed by atoms with Gasteiger partial charge in [0.15, 0.2) is 0 Å². The predicted octanol–water partition coefficient (Wildman–Crippen LogP) is 0.365. The summed E-state index contributed by atoms with van der Waals surface area (Å²) < 4.78 is 0. The van der Waals surface area contributed by atoms with Gasteiger partial charge in [-0.3, -0.25) is 14.5 Å². The molecule has 4 nitrogen and oxygen atoms in total. The number of carbonyl (C=O) groups is 2. The molecule has 0 aromatic carbocycles. The maximum atomic E-state index is 11.9. The Morgan fingerprint density at radius 2 is 1.87 bits per heavy atom. The Kier molecular flexibility index (Phi) is 2.15. The molecule has 3 unspecified atom stereocenters. The smallest absolute Gasteiger partial charge is 0.233 e. The average molecular weight is 210 g/mol. The molecule has 15 heavy (non-hydrogen) atoms. The van der Waals surface area contributed by atoms with Gasteiger partial charge in [-0.05, 0) is 19.3 Å². The van der Waals surface area contributed by atoms with Crippen LogP contribution in [0.2, 0.25) is 0 Å². The van der Waals surface area contributed by atoms with E-state index in [9.17, 15) is 9.59 Å². The molecule has 84 valence electrons. The van der Waals surface area contributed by atoms with Crippen LogP contribution in [0.3, 0.4) is 0 Å². The second-order valence-electron chi connectivity index (χ2n) is 5.18. The fourth-order valence-electron chi connectivity index (χ4n) is 2.27. The molecule has 2 N–H and O–H groups in total. The van der Waals surface area contributed by atoms with E-state index in [4.69, 9.17) is 5.73 Å². The third-order valence-corrected chi connectivity index (χ3v) is 4.03.